The molecule has 0 saturated heterocycles. The van der Waals surface area contributed by atoms with E-state index in [4.69, 9.17) is 4.74 Å². The quantitative estimate of drug-likeness (QED) is 0.720. The summed E-state index contributed by atoms with van der Waals surface area (Å²) >= 11 is 3.54. The molecule has 0 amide bonds. The number of fused-ring (bicyclic) bond motifs is 1. The second kappa shape index (κ2) is 5.84. The summed E-state index contributed by atoms with van der Waals surface area (Å²) in [5.74, 6) is 0.661. The van der Waals surface area contributed by atoms with Crippen molar-refractivity contribution in [3.05, 3.63) is 70.5 Å². The van der Waals surface area contributed by atoms with Gasteiger partial charge in [-0.2, -0.15) is 0 Å². The van der Waals surface area contributed by atoms with Gasteiger partial charge >= 0.3 is 0 Å². The van der Waals surface area contributed by atoms with Gasteiger partial charge in [-0.15, -0.1) is 0 Å². The van der Waals surface area contributed by atoms with Gasteiger partial charge in [0.25, 0.3) is 0 Å². The van der Waals surface area contributed by atoms with Gasteiger partial charge in [-0.25, -0.2) is 4.39 Å². The van der Waals surface area contributed by atoms with Gasteiger partial charge in [0, 0.05) is 5.56 Å². The summed E-state index contributed by atoms with van der Waals surface area (Å²) in [7, 11) is 0. The number of benzene rings is 3. The molecule has 1 N–H and O–H groups in total. The van der Waals surface area contributed by atoms with Crippen LogP contribution in [0.4, 0.5) is 4.39 Å². The molecule has 0 aliphatic carbocycles. The molecular weight excluding hydrogens is 335 g/mol. The second-order valence-electron chi connectivity index (χ2n) is 4.61. The Hall–Kier alpha value is -1.91. The van der Waals surface area contributed by atoms with Gasteiger partial charge in [-0.1, -0.05) is 30.3 Å². The van der Waals surface area contributed by atoms with Gasteiger partial charge in [-0.05, 0) is 51.0 Å². The Labute approximate surface area is 129 Å². The number of hydrogen-bond acceptors (Lipinski definition) is 2. The fourth-order valence-electron chi connectivity index (χ4n) is 2.18. The lowest BCUT2D eigenvalue weighted by atomic mass is 10.1. The molecule has 21 heavy (non-hydrogen) atoms. The van der Waals surface area contributed by atoms with Crippen molar-refractivity contribution in [2.45, 2.75) is 6.61 Å². The highest BCUT2D eigenvalue weighted by Crippen LogP contribution is 2.36. The maximum Gasteiger partial charge on any atom is 0.142 e. The van der Waals surface area contributed by atoms with Gasteiger partial charge in [0.2, 0.25) is 0 Å². The third-order valence-electron chi connectivity index (χ3n) is 3.24. The lowest BCUT2D eigenvalue weighted by Crippen LogP contribution is -1.94. The molecule has 3 aromatic rings. The minimum absolute atomic E-state index is 0.279. The molecule has 0 aliphatic rings. The topological polar surface area (TPSA) is 29.5 Å². The van der Waals surface area contributed by atoms with E-state index in [9.17, 15) is 9.50 Å². The molecule has 0 heterocycles. The van der Waals surface area contributed by atoms with Gasteiger partial charge in [0.05, 0.1) is 11.1 Å². The van der Waals surface area contributed by atoms with Crippen molar-refractivity contribution in [2.75, 3.05) is 0 Å². The smallest absolute Gasteiger partial charge is 0.142 e. The molecule has 0 fully saturated rings. The zero-order valence-electron chi connectivity index (χ0n) is 11.0. The van der Waals surface area contributed by atoms with E-state index < -0.39 is 5.82 Å². The molecule has 0 saturated carbocycles. The number of aliphatic hydroxyl groups excluding tert-OH is 1. The third-order valence-corrected chi connectivity index (χ3v) is 4.06. The molecule has 0 bridgehead atoms. The lowest BCUT2D eigenvalue weighted by molar-refractivity contribution is 0.275. The van der Waals surface area contributed by atoms with Crippen LogP contribution in [0, 0.1) is 5.82 Å². The first kappa shape index (κ1) is 14.0. The highest BCUT2D eigenvalue weighted by atomic mass is 79.9. The van der Waals surface area contributed by atoms with Crippen LogP contribution >= 0.6 is 15.9 Å². The molecule has 0 aromatic heterocycles. The Morgan fingerprint density at radius 2 is 1.76 bits per heavy atom. The average Bonchev–Trinajstić information content (AvgIpc) is 2.51. The molecular formula is C17H12BrFO2. The van der Waals surface area contributed by atoms with Crippen LogP contribution in [-0.4, -0.2) is 5.11 Å². The molecule has 2 nitrogen and oxygen atoms in total. The van der Waals surface area contributed by atoms with E-state index in [2.05, 4.69) is 15.9 Å². The van der Waals surface area contributed by atoms with E-state index in [1.54, 1.807) is 0 Å². The Balaban J connectivity index is 2.04. The Morgan fingerprint density at radius 1 is 1.00 bits per heavy atom. The highest BCUT2D eigenvalue weighted by molar-refractivity contribution is 9.10. The Morgan fingerprint density at radius 3 is 2.57 bits per heavy atom. The van der Waals surface area contributed by atoms with Gasteiger partial charge in [0.15, 0.2) is 0 Å². The van der Waals surface area contributed by atoms with Crippen LogP contribution < -0.4 is 4.74 Å². The monoisotopic (exact) mass is 346 g/mol. The average molecular weight is 347 g/mol. The van der Waals surface area contributed by atoms with Crippen molar-refractivity contribution in [3.63, 3.8) is 0 Å². The standard InChI is InChI=1S/C17H12BrFO2/c18-17-14-4-2-1-3-11(14)5-7-16(17)21-15-8-6-13(19)9-12(15)10-20/h1-9,20H,10H2. The Bertz CT molecular complexity index is 802. The molecule has 0 radical (unpaired) electrons. The molecule has 0 aliphatic heterocycles. The van der Waals surface area contributed by atoms with Gasteiger partial charge < -0.3 is 9.84 Å². The summed E-state index contributed by atoms with van der Waals surface area (Å²) in [6.45, 7) is -0.279. The predicted molar refractivity (Wildman–Crippen MR) is 84.0 cm³/mol. The van der Waals surface area contributed by atoms with E-state index in [0.717, 1.165) is 15.2 Å². The van der Waals surface area contributed by atoms with Crippen LogP contribution in [0.2, 0.25) is 0 Å². The number of rotatable bonds is 3. The van der Waals surface area contributed by atoms with Crippen molar-refractivity contribution >= 4 is 26.7 Å². The lowest BCUT2D eigenvalue weighted by Gasteiger charge is -2.12. The summed E-state index contributed by atoms with van der Waals surface area (Å²) in [5, 5.41) is 11.4. The fraction of sp³-hybridized carbons (Fsp3) is 0.0588. The van der Waals surface area contributed by atoms with E-state index >= 15 is 0 Å². The minimum atomic E-state index is -0.399. The fourth-order valence-corrected chi connectivity index (χ4v) is 2.76. The van der Waals surface area contributed by atoms with Crippen LogP contribution in [0.25, 0.3) is 10.8 Å². The Kier molecular flexibility index (Phi) is 3.90. The number of halogens is 2. The minimum Gasteiger partial charge on any atom is -0.456 e. The first-order valence-electron chi connectivity index (χ1n) is 6.43. The number of aliphatic hydroxyl groups is 1. The van der Waals surface area contributed by atoms with Crippen LogP contribution in [0.1, 0.15) is 5.56 Å². The number of hydrogen-bond donors (Lipinski definition) is 1. The van der Waals surface area contributed by atoms with Crippen LogP contribution in [-0.2, 0) is 6.61 Å². The largest absolute Gasteiger partial charge is 0.456 e. The SMILES string of the molecule is OCc1cc(F)ccc1Oc1ccc2ccccc2c1Br. The van der Waals surface area contributed by atoms with Crippen LogP contribution in [0.3, 0.4) is 0 Å². The molecule has 0 spiro atoms. The molecule has 3 aromatic carbocycles. The van der Waals surface area contributed by atoms with E-state index in [1.165, 1.54) is 18.2 Å². The summed E-state index contributed by atoms with van der Waals surface area (Å²) in [5.41, 5.74) is 0.412. The van der Waals surface area contributed by atoms with E-state index in [1.807, 2.05) is 36.4 Å². The first-order chi connectivity index (χ1) is 10.2. The van der Waals surface area contributed by atoms with Crippen LogP contribution in [0.15, 0.2) is 59.1 Å². The van der Waals surface area contributed by atoms with Gasteiger partial charge in [0.1, 0.15) is 17.3 Å². The van der Waals surface area contributed by atoms with E-state index in [-0.39, 0.29) is 6.61 Å². The summed E-state index contributed by atoms with van der Waals surface area (Å²) < 4.78 is 19.8. The molecule has 106 valence electrons. The van der Waals surface area contributed by atoms with Crippen LogP contribution in [0.5, 0.6) is 11.5 Å². The van der Waals surface area contributed by atoms with E-state index in [0.29, 0.717) is 17.1 Å². The summed E-state index contributed by atoms with van der Waals surface area (Å²) in [4.78, 5) is 0. The molecule has 0 atom stereocenters. The van der Waals surface area contributed by atoms with Crippen molar-refractivity contribution < 1.29 is 14.2 Å². The molecule has 3 rings (SSSR count). The highest BCUT2D eigenvalue weighted by Gasteiger charge is 2.10. The second-order valence-corrected chi connectivity index (χ2v) is 5.40. The first-order valence-corrected chi connectivity index (χ1v) is 7.23. The van der Waals surface area contributed by atoms with Crippen molar-refractivity contribution in [1.82, 2.24) is 0 Å². The third kappa shape index (κ3) is 2.77. The number of ether oxygens (including phenoxy) is 1. The zero-order chi connectivity index (χ0) is 14.8. The van der Waals surface area contributed by atoms with Crippen molar-refractivity contribution in [2.24, 2.45) is 0 Å². The maximum atomic E-state index is 13.2. The van der Waals surface area contributed by atoms with Gasteiger partial charge in [-0.3, -0.25) is 0 Å². The predicted octanol–water partition coefficient (Wildman–Crippen LogP) is 5.03. The maximum absolute atomic E-state index is 13.2. The molecule has 0 unspecified atom stereocenters. The molecule has 4 heteroatoms. The summed E-state index contributed by atoms with van der Waals surface area (Å²) in [6, 6.07) is 15.8. The summed E-state index contributed by atoms with van der Waals surface area (Å²) in [6.07, 6.45) is 0. The zero-order valence-corrected chi connectivity index (χ0v) is 12.6. The van der Waals surface area contributed by atoms with Crippen molar-refractivity contribution in [3.8, 4) is 11.5 Å². The normalized spacial score (nSPS) is 10.8. The van der Waals surface area contributed by atoms with Crippen molar-refractivity contribution in [1.29, 1.82) is 0 Å².